The lowest BCUT2D eigenvalue weighted by atomic mass is 10.1. The van der Waals surface area contributed by atoms with Gasteiger partial charge >= 0.3 is 0 Å². The van der Waals surface area contributed by atoms with Crippen LogP contribution in [0.3, 0.4) is 0 Å². The fourth-order valence-electron chi connectivity index (χ4n) is 3.77. The van der Waals surface area contributed by atoms with E-state index < -0.39 is 5.82 Å². The van der Waals surface area contributed by atoms with E-state index in [0.29, 0.717) is 11.4 Å². The average Bonchev–Trinajstić information content (AvgIpc) is 2.93. The molecule has 0 aliphatic carbocycles. The molecule has 1 aromatic carbocycles. The molecule has 4 heterocycles. The van der Waals surface area contributed by atoms with E-state index in [-0.39, 0.29) is 12.2 Å². The van der Waals surface area contributed by atoms with E-state index in [9.17, 15) is 9.18 Å². The number of benzene rings is 1. The summed E-state index contributed by atoms with van der Waals surface area (Å²) in [5.74, 6) is 0.0658. The zero-order valence-corrected chi connectivity index (χ0v) is 17.0. The largest absolute Gasteiger partial charge is 0.487 e. The van der Waals surface area contributed by atoms with Crippen molar-refractivity contribution in [1.82, 2.24) is 14.9 Å². The summed E-state index contributed by atoms with van der Waals surface area (Å²) in [5.41, 5.74) is 2.68. The molecule has 0 bridgehead atoms. The summed E-state index contributed by atoms with van der Waals surface area (Å²) in [4.78, 5) is 18.1. The highest BCUT2D eigenvalue weighted by molar-refractivity contribution is 7.19. The Morgan fingerprint density at radius 2 is 2.03 bits per heavy atom. The Morgan fingerprint density at radius 1 is 1.13 bits per heavy atom. The smallest absolute Gasteiger partial charge is 0.258 e. The van der Waals surface area contributed by atoms with Crippen molar-refractivity contribution in [3.63, 3.8) is 0 Å². The normalized spacial score (nSPS) is 13.8. The molecule has 5 rings (SSSR count). The first-order chi connectivity index (χ1) is 14.7. The van der Waals surface area contributed by atoms with Crippen molar-refractivity contribution in [1.29, 1.82) is 0 Å². The summed E-state index contributed by atoms with van der Waals surface area (Å²) >= 11 is 1.85. The predicted octanol–water partition coefficient (Wildman–Crippen LogP) is 3.85. The minimum Gasteiger partial charge on any atom is -0.487 e. The highest BCUT2D eigenvalue weighted by Gasteiger charge is 2.15. The fraction of sp³-hybridized carbons (Fsp3) is 0.217. The zero-order chi connectivity index (χ0) is 20.5. The molecule has 7 heteroatoms. The molecule has 0 atom stereocenters. The first-order valence-corrected chi connectivity index (χ1v) is 10.7. The molecule has 0 amide bonds. The summed E-state index contributed by atoms with van der Waals surface area (Å²) in [5, 5.41) is 4.69. The molecular formula is C23H20FN3O2S. The molecule has 0 saturated carbocycles. The summed E-state index contributed by atoms with van der Waals surface area (Å²) < 4.78 is 21.5. The van der Waals surface area contributed by atoms with E-state index in [1.54, 1.807) is 22.9 Å². The second-order valence-electron chi connectivity index (χ2n) is 7.26. The van der Waals surface area contributed by atoms with Crippen molar-refractivity contribution in [2.45, 2.75) is 19.4 Å². The van der Waals surface area contributed by atoms with Gasteiger partial charge in [-0.3, -0.25) is 14.3 Å². The van der Waals surface area contributed by atoms with E-state index in [0.717, 1.165) is 37.8 Å². The summed E-state index contributed by atoms with van der Waals surface area (Å²) in [6, 6.07) is 12.3. The van der Waals surface area contributed by atoms with Crippen LogP contribution in [0.5, 0.6) is 5.75 Å². The van der Waals surface area contributed by atoms with Crippen LogP contribution in [0.2, 0.25) is 0 Å². The molecule has 152 valence electrons. The van der Waals surface area contributed by atoms with Crippen molar-refractivity contribution in [3.05, 3.63) is 87.2 Å². The highest BCUT2D eigenvalue weighted by Crippen LogP contribution is 2.34. The second-order valence-corrected chi connectivity index (χ2v) is 8.40. The van der Waals surface area contributed by atoms with Crippen LogP contribution in [0.4, 0.5) is 4.39 Å². The van der Waals surface area contributed by atoms with Gasteiger partial charge in [-0.2, -0.15) is 0 Å². The van der Waals surface area contributed by atoms with E-state index in [2.05, 4.69) is 22.4 Å². The van der Waals surface area contributed by atoms with Crippen LogP contribution in [-0.2, 0) is 19.4 Å². The number of aromatic nitrogens is 2. The van der Waals surface area contributed by atoms with Crippen LogP contribution >= 0.6 is 11.3 Å². The lowest BCUT2D eigenvalue weighted by Gasteiger charge is -2.09. The minimum absolute atomic E-state index is 0.165. The Kier molecular flexibility index (Phi) is 5.06. The molecule has 0 fully saturated rings. The molecule has 1 aliphatic heterocycles. The summed E-state index contributed by atoms with van der Waals surface area (Å²) in [6.07, 6.45) is 4.94. The first-order valence-electron chi connectivity index (χ1n) is 9.89. The molecule has 0 saturated heterocycles. The van der Waals surface area contributed by atoms with Crippen molar-refractivity contribution in [2.24, 2.45) is 0 Å². The maximum absolute atomic E-state index is 12.9. The number of hydrogen-bond acceptors (Lipinski definition) is 5. The van der Waals surface area contributed by atoms with Gasteiger partial charge in [0, 0.05) is 27.5 Å². The van der Waals surface area contributed by atoms with Crippen molar-refractivity contribution < 1.29 is 9.13 Å². The summed E-state index contributed by atoms with van der Waals surface area (Å²) in [6.45, 7) is 2.17. The van der Waals surface area contributed by atoms with Gasteiger partial charge in [-0.25, -0.2) is 4.39 Å². The maximum atomic E-state index is 12.9. The van der Waals surface area contributed by atoms with Crippen molar-refractivity contribution in [3.8, 4) is 11.4 Å². The zero-order valence-electron chi connectivity index (χ0n) is 16.2. The highest BCUT2D eigenvalue weighted by atomic mass is 32.1. The standard InChI is InChI=1S/C23H20FN3O2S/c24-15-1-2-16(26-13-15)14-29-18-7-10-27(23(28)12-18)17-3-4-21-20(11-17)19-5-8-25-9-6-22(19)30-21/h1-4,7,10-13,25H,5-6,8-9,14H2. The Labute approximate surface area is 176 Å². The summed E-state index contributed by atoms with van der Waals surface area (Å²) in [7, 11) is 0. The number of hydrogen-bond donors (Lipinski definition) is 1. The number of fused-ring (bicyclic) bond motifs is 3. The average molecular weight is 421 g/mol. The topological polar surface area (TPSA) is 56.1 Å². The van der Waals surface area contributed by atoms with Crippen molar-refractivity contribution in [2.75, 3.05) is 13.1 Å². The van der Waals surface area contributed by atoms with Gasteiger partial charge in [-0.1, -0.05) is 0 Å². The van der Waals surface area contributed by atoms with Gasteiger partial charge in [0.1, 0.15) is 18.2 Å². The number of ether oxygens (including phenoxy) is 1. The molecule has 1 aliphatic rings. The Bertz CT molecular complexity index is 1260. The van der Waals surface area contributed by atoms with Gasteiger partial charge in [0.15, 0.2) is 0 Å². The second kappa shape index (κ2) is 8.01. The molecule has 4 aromatic rings. The molecule has 0 unspecified atom stereocenters. The van der Waals surface area contributed by atoms with E-state index >= 15 is 0 Å². The molecule has 3 aromatic heterocycles. The molecule has 0 spiro atoms. The van der Waals surface area contributed by atoms with Gasteiger partial charge in [-0.05, 0) is 73.3 Å². The van der Waals surface area contributed by atoms with Crippen LogP contribution in [0.25, 0.3) is 15.8 Å². The minimum atomic E-state index is -0.392. The third-order valence-electron chi connectivity index (χ3n) is 5.28. The number of halogens is 1. The monoisotopic (exact) mass is 421 g/mol. The molecule has 30 heavy (non-hydrogen) atoms. The van der Waals surface area contributed by atoms with Crippen LogP contribution < -0.4 is 15.6 Å². The first kappa shape index (κ1) is 19.0. The van der Waals surface area contributed by atoms with Crippen LogP contribution in [-0.4, -0.2) is 22.6 Å². The fourth-order valence-corrected chi connectivity index (χ4v) is 5.00. The number of rotatable bonds is 4. The number of pyridine rings is 2. The molecule has 1 N–H and O–H groups in total. The quantitative estimate of drug-likeness (QED) is 0.544. The third-order valence-corrected chi connectivity index (χ3v) is 6.56. The SMILES string of the molecule is O=c1cc(OCc2ccc(F)cn2)ccn1-c1ccc2sc3c(c2c1)CCNCC3. The van der Waals surface area contributed by atoms with Crippen LogP contribution in [0, 0.1) is 5.82 Å². The number of nitrogens with zero attached hydrogens (tertiary/aromatic N) is 2. The van der Waals surface area contributed by atoms with Crippen LogP contribution in [0.15, 0.2) is 59.7 Å². The van der Waals surface area contributed by atoms with Gasteiger partial charge in [-0.15, -0.1) is 11.3 Å². The molecular weight excluding hydrogens is 401 g/mol. The molecule has 5 nitrogen and oxygen atoms in total. The number of thiophene rings is 1. The number of nitrogens with one attached hydrogen (secondary N) is 1. The Hall–Kier alpha value is -3.03. The molecule has 0 radical (unpaired) electrons. The third kappa shape index (κ3) is 3.74. The van der Waals surface area contributed by atoms with Gasteiger partial charge in [0.25, 0.3) is 5.56 Å². The lowest BCUT2D eigenvalue weighted by molar-refractivity contribution is 0.300. The Balaban J connectivity index is 1.41. The van der Waals surface area contributed by atoms with Gasteiger partial charge in [0.05, 0.1) is 11.9 Å². The lowest BCUT2D eigenvalue weighted by Crippen LogP contribution is -2.17. The van der Waals surface area contributed by atoms with Crippen molar-refractivity contribution >= 4 is 21.4 Å². The predicted molar refractivity (Wildman–Crippen MR) is 116 cm³/mol. The maximum Gasteiger partial charge on any atom is 0.258 e. The van der Waals surface area contributed by atoms with Gasteiger partial charge in [0.2, 0.25) is 0 Å². The van der Waals surface area contributed by atoms with Gasteiger partial charge < -0.3 is 10.1 Å². The van der Waals surface area contributed by atoms with E-state index in [1.807, 2.05) is 17.4 Å². The Morgan fingerprint density at radius 3 is 2.87 bits per heavy atom. The van der Waals surface area contributed by atoms with Crippen LogP contribution in [0.1, 0.15) is 16.1 Å². The van der Waals surface area contributed by atoms with E-state index in [1.165, 1.54) is 32.7 Å². The van der Waals surface area contributed by atoms with E-state index in [4.69, 9.17) is 4.74 Å².